The number of carbonyl (C=O) groups is 2. The Kier molecular flexibility index (Phi) is 6.21. The molecule has 31 heavy (non-hydrogen) atoms. The summed E-state index contributed by atoms with van der Waals surface area (Å²) in [7, 11) is 1.01. The number of hydrogen-bond donors (Lipinski definition) is 1. The Bertz CT molecular complexity index is 1240. The van der Waals surface area contributed by atoms with Crippen LogP contribution in [-0.4, -0.2) is 54.6 Å². The maximum atomic E-state index is 12.6. The van der Waals surface area contributed by atoms with Crippen LogP contribution in [0.25, 0.3) is 10.2 Å². The Labute approximate surface area is 184 Å². The highest BCUT2D eigenvalue weighted by molar-refractivity contribution is 7.89. The van der Waals surface area contributed by atoms with Crippen LogP contribution in [0.5, 0.6) is 0 Å². The van der Waals surface area contributed by atoms with Crippen molar-refractivity contribution in [3.05, 3.63) is 40.4 Å². The maximum Gasteiger partial charge on any atom is 0.349 e. The number of benzene rings is 1. The zero-order chi connectivity index (χ0) is 23.1. The predicted octanol–water partition coefficient (Wildman–Crippen LogP) is 2.69. The van der Waals surface area contributed by atoms with Crippen molar-refractivity contribution in [3.63, 3.8) is 0 Å². The summed E-state index contributed by atoms with van der Waals surface area (Å²) in [4.78, 5) is 26.4. The molecule has 9 nitrogen and oxygen atoms in total. The minimum Gasteiger partial charge on any atom is -0.448 e. The first-order valence-electron chi connectivity index (χ1n) is 9.40. The molecular formula is C20H24N4O5S2. The van der Waals surface area contributed by atoms with Crippen molar-refractivity contribution < 1.29 is 22.7 Å². The molecule has 2 heterocycles. The van der Waals surface area contributed by atoms with Gasteiger partial charge in [-0.15, -0.1) is 11.3 Å². The third-order valence-electron chi connectivity index (χ3n) is 4.80. The van der Waals surface area contributed by atoms with Gasteiger partial charge in [-0.2, -0.15) is 5.10 Å². The molecule has 3 aromatic rings. The molecule has 0 aliphatic carbocycles. The summed E-state index contributed by atoms with van der Waals surface area (Å²) in [6.45, 7) is 5.06. The second-order valence-electron chi connectivity index (χ2n) is 7.34. The van der Waals surface area contributed by atoms with E-state index in [-0.39, 0.29) is 4.90 Å². The monoisotopic (exact) mass is 464 g/mol. The fraction of sp³-hybridized carbons (Fsp3) is 0.350. The fourth-order valence-corrected chi connectivity index (χ4v) is 4.85. The second-order valence-corrected chi connectivity index (χ2v) is 10.5. The van der Waals surface area contributed by atoms with Crippen molar-refractivity contribution in [3.8, 4) is 0 Å². The van der Waals surface area contributed by atoms with Gasteiger partial charge in [0, 0.05) is 32.2 Å². The van der Waals surface area contributed by atoms with Crippen LogP contribution in [0.4, 0.5) is 5.69 Å². The van der Waals surface area contributed by atoms with Crippen molar-refractivity contribution in [2.24, 2.45) is 7.05 Å². The van der Waals surface area contributed by atoms with E-state index in [1.165, 1.54) is 44.5 Å². The van der Waals surface area contributed by atoms with Gasteiger partial charge >= 0.3 is 5.97 Å². The van der Waals surface area contributed by atoms with E-state index in [9.17, 15) is 18.0 Å². The summed E-state index contributed by atoms with van der Waals surface area (Å²) >= 11 is 1.24. The Hall–Kier alpha value is -2.76. The lowest BCUT2D eigenvalue weighted by molar-refractivity contribution is -0.123. The van der Waals surface area contributed by atoms with E-state index in [4.69, 9.17) is 4.74 Å². The summed E-state index contributed by atoms with van der Waals surface area (Å²) in [5.74, 6) is -1.17. The first-order chi connectivity index (χ1) is 14.4. The number of amides is 1. The third kappa shape index (κ3) is 4.48. The number of ether oxygens (including phenoxy) is 1. The molecule has 1 amide bonds. The van der Waals surface area contributed by atoms with Crippen LogP contribution in [-0.2, 0) is 26.6 Å². The Morgan fingerprint density at radius 2 is 1.90 bits per heavy atom. The van der Waals surface area contributed by atoms with Crippen molar-refractivity contribution in [1.82, 2.24) is 14.1 Å². The fourth-order valence-electron chi connectivity index (χ4n) is 2.92. The number of hydrogen-bond acceptors (Lipinski definition) is 7. The summed E-state index contributed by atoms with van der Waals surface area (Å²) < 4.78 is 32.8. The first-order valence-corrected chi connectivity index (χ1v) is 11.7. The number of aryl methyl sites for hydroxylation is 3. The number of rotatable bonds is 6. The molecule has 0 aliphatic heterocycles. The van der Waals surface area contributed by atoms with Gasteiger partial charge in [0.1, 0.15) is 9.71 Å². The van der Waals surface area contributed by atoms with Crippen LogP contribution in [0.1, 0.15) is 27.9 Å². The van der Waals surface area contributed by atoms with Gasteiger partial charge in [0.05, 0.1) is 10.6 Å². The standard InChI is InChI=1S/C20H24N4O5S2/c1-11-7-8-14(31(27,28)23(4)5)9-16(11)21-18(25)13(3)29-20(26)17-10-15-12(2)22-24(6)19(15)30-17/h7-10,13H,1-6H3,(H,21,25). The van der Waals surface area contributed by atoms with Gasteiger partial charge < -0.3 is 10.1 Å². The normalized spacial score (nSPS) is 12.9. The van der Waals surface area contributed by atoms with Crippen molar-refractivity contribution in [2.75, 3.05) is 19.4 Å². The van der Waals surface area contributed by atoms with Gasteiger partial charge in [-0.1, -0.05) is 6.07 Å². The lowest BCUT2D eigenvalue weighted by Crippen LogP contribution is -2.30. The van der Waals surface area contributed by atoms with Crippen LogP contribution < -0.4 is 5.32 Å². The first kappa shape index (κ1) is 22.9. The average Bonchev–Trinajstić information content (AvgIpc) is 3.24. The zero-order valence-electron chi connectivity index (χ0n) is 18.1. The molecule has 11 heteroatoms. The molecule has 0 saturated heterocycles. The molecule has 1 unspecified atom stereocenters. The van der Waals surface area contributed by atoms with E-state index in [0.717, 1.165) is 20.2 Å². The molecule has 1 aromatic carbocycles. The highest BCUT2D eigenvalue weighted by atomic mass is 32.2. The summed E-state index contributed by atoms with van der Waals surface area (Å²) in [6.07, 6.45) is -1.08. The topological polar surface area (TPSA) is 111 Å². The molecule has 0 radical (unpaired) electrons. The lowest BCUT2D eigenvalue weighted by atomic mass is 10.2. The van der Waals surface area contributed by atoms with Crippen LogP contribution >= 0.6 is 11.3 Å². The van der Waals surface area contributed by atoms with Gasteiger partial charge in [-0.3, -0.25) is 9.48 Å². The highest BCUT2D eigenvalue weighted by Gasteiger charge is 2.24. The Morgan fingerprint density at radius 1 is 1.23 bits per heavy atom. The molecule has 166 valence electrons. The molecule has 2 aromatic heterocycles. The predicted molar refractivity (Wildman–Crippen MR) is 119 cm³/mol. The number of sulfonamides is 1. The van der Waals surface area contributed by atoms with E-state index >= 15 is 0 Å². The summed E-state index contributed by atoms with van der Waals surface area (Å²) in [5, 5.41) is 7.81. The van der Waals surface area contributed by atoms with E-state index < -0.39 is 28.0 Å². The van der Waals surface area contributed by atoms with Crippen molar-refractivity contribution in [2.45, 2.75) is 31.8 Å². The van der Waals surface area contributed by atoms with E-state index in [1.54, 1.807) is 30.8 Å². The molecule has 1 atom stereocenters. The number of nitrogens with zero attached hydrogens (tertiary/aromatic N) is 3. The molecule has 0 saturated carbocycles. The largest absolute Gasteiger partial charge is 0.448 e. The third-order valence-corrected chi connectivity index (χ3v) is 7.79. The molecule has 1 N–H and O–H groups in total. The Morgan fingerprint density at radius 3 is 2.52 bits per heavy atom. The minimum absolute atomic E-state index is 0.0531. The van der Waals surface area contributed by atoms with Crippen LogP contribution in [0.3, 0.4) is 0 Å². The molecule has 0 fully saturated rings. The molecule has 3 rings (SSSR count). The van der Waals surface area contributed by atoms with Gasteiger partial charge in [0.2, 0.25) is 10.0 Å². The number of nitrogens with one attached hydrogen (secondary N) is 1. The molecule has 0 aliphatic rings. The number of anilines is 1. The number of aromatic nitrogens is 2. The van der Waals surface area contributed by atoms with Crippen LogP contribution in [0, 0.1) is 13.8 Å². The van der Waals surface area contributed by atoms with E-state index in [0.29, 0.717) is 16.1 Å². The lowest BCUT2D eigenvalue weighted by Gasteiger charge is -2.16. The van der Waals surface area contributed by atoms with E-state index in [2.05, 4.69) is 10.4 Å². The van der Waals surface area contributed by atoms with Crippen molar-refractivity contribution >= 4 is 49.1 Å². The number of thiophene rings is 1. The number of carbonyl (C=O) groups excluding carboxylic acids is 2. The van der Waals surface area contributed by atoms with Gasteiger partial charge in [-0.05, 0) is 44.5 Å². The maximum absolute atomic E-state index is 12.6. The van der Waals surface area contributed by atoms with Gasteiger partial charge in [0.25, 0.3) is 5.91 Å². The SMILES string of the molecule is Cc1ccc(S(=O)(=O)N(C)C)cc1NC(=O)C(C)OC(=O)c1cc2c(C)nn(C)c2s1. The number of esters is 1. The highest BCUT2D eigenvalue weighted by Crippen LogP contribution is 2.28. The second kappa shape index (κ2) is 8.40. The Balaban J connectivity index is 1.74. The van der Waals surface area contributed by atoms with Gasteiger partial charge in [-0.25, -0.2) is 17.5 Å². The van der Waals surface area contributed by atoms with Gasteiger partial charge in [0.15, 0.2) is 6.10 Å². The minimum atomic E-state index is -3.65. The summed E-state index contributed by atoms with van der Waals surface area (Å²) in [6, 6.07) is 6.17. The molecule has 0 spiro atoms. The van der Waals surface area contributed by atoms with Crippen LogP contribution in [0.2, 0.25) is 0 Å². The summed E-state index contributed by atoms with van der Waals surface area (Å²) in [5.41, 5.74) is 1.82. The average molecular weight is 465 g/mol. The van der Waals surface area contributed by atoms with Crippen LogP contribution in [0.15, 0.2) is 29.2 Å². The quantitative estimate of drug-likeness (QED) is 0.562. The van der Waals surface area contributed by atoms with E-state index in [1.807, 2.05) is 6.92 Å². The smallest absolute Gasteiger partial charge is 0.349 e. The molecular weight excluding hydrogens is 440 g/mol. The zero-order valence-corrected chi connectivity index (χ0v) is 19.7. The van der Waals surface area contributed by atoms with Crippen molar-refractivity contribution in [1.29, 1.82) is 0 Å². The molecule has 0 bridgehead atoms. The number of fused-ring (bicyclic) bond motifs is 1.